The minimum absolute atomic E-state index is 0.218. The molecule has 0 bridgehead atoms. The summed E-state index contributed by atoms with van der Waals surface area (Å²) in [6.07, 6.45) is 32.8. The molecule has 0 aliphatic carbocycles. The fourth-order valence-electron chi connectivity index (χ4n) is 6.16. The highest BCUT2D eigenvalue weighted by Gasteiger charge is 2.23. The smallest absolute Gasteiger partial charge is 0.462 e. The molecule has 0 fully saturated rings. The van der Waals surface area contributed by atoms with Gasteiger partial charge in [0.15, 0.2) is 6.10 Å². The van der Waals surface area contributed by atoms with Gasteiger partial charge in [-0.25, -0.2) is 4.57 Å². The molecule has 0 rings (SSSR count). The molecule has 0 heterocycles. The molecule has 1 atom stereocenters. The van der Waals surface area contributed by atoms with Crippen LogP contribution >= 0.6 is 7.82 Å². The molecule has 0 aliphatic rings. The Labute approximate surface area is 302 Å². The normalized spacial score (nSPS) is 12.6. The van der Waals surface area contributed by atoms with Gasteiger partial charge in [-0.1, -0.05) is 188 Å². The third kappa shape index (κ3) is 39.7. The standard InChI is InChI=1S/C40H79O8P/c1-36(2)30-26-22-18-15-13-11-9-7-5-6-8-10-12-14-16-20-25-29-33-40(42)48-38(35-47-49(43,44)45)34-46-39(41)32-28-24-21-17-19-23-27-31-37(3)4/h36-38H,5-35H2,1-4H3,(H2,43,44,45)/t38-/m1/s1. The molecule has 2 N–H and O–H groups in total. The summed E-state index contributed by atoms with van der Waals surface area (Å²) in [5, 5.41) is 0. The van der Waals surface area contributed by atoms with E-state index in [9.17, 15) is 14.2 Å². The van der Waals surface area contributed by atoms with E-state index in [1.807, 2.05) is 0 Å². The quantitative estimate of drug-likeness (QED) is 0.0370. The topological polar surface area (TPSA) is 119 Å². The maximum Gasteiger partial charge on any atom is 0.469 e. The number of phosphoric acid groups is 1. The minimum Gasteiger partial charge on any atom is -0.462 e. The van der Waals surface area contributed by atoms with E-state index >= 15 is 0 Å². The van der Waals surface area contributed by atoms with Crippen molar-refractivity contribution in [2.24, 2.45) is 11.8 Å². The van der Waals surface area contributed by atoms with E-state index in [4.69, 9.17) is 19.3 Å². The highest BCUT2D eigenvalue weighted by Crippen LogP contribution is 2.36. The van der Waals surface area contributed by atoms with Gasteiger partial charge in [-0.05, 0) is 24.7 Å². The molecule has 0 aromatic heterocycles. The van der Waals surface area contributed by atoms with Gasteiger partial charge in [0.25, 0.3) is 0 Å². The highest BCUT2D eigenvalue weighted by atomic mass is 31.2. The second-order valence-electron chi connectivity index (χ2n) is 15.3. The third-order valence-corrected chi connectivity index (χ3v) is 9.72. The maximum atomic E-state index is 12.4. The molecular formula is C40H79O8P. The molecule has 8 nitrogen and oxygen atoms in total. The van der Waals surface area contributed by atoms with Crippen LogP contribution in [-0.4, -0.2) is 41.0 Å². The van der Waals surface area contributed by atoms with Crippen molar-refractivity contribution in [2.75, 3.05) is 13.2 Å². The van der Waals surface area contributed by atoms with Crippen LogP contribution in [0.1, 0.15) is 214 Å². The number of carbonyl (C=O) groups is 2. The van der Waals surface area contributed by atoms with E-state index < -0.39 is 32.5 Å². The Kier molecular flexibility index (Phi) is 33.5. The first-order chi connectivity index (χ1) is 23.5. The monoisotopic (exact) mass is 719 g/mol. The Morgan fingerprint density at radius 2 is 0.776 bits per heavy atom. The van der Waals surface area contributed by atoms with Crippen molar-refractivity contribution in [1.29, 1.82) is 0 Å². The zero-order valence-corrected chi connectivity index (χ0v) is 33.3. The van der Waals surface area contributed by atoms with E-state index in [1.165, 1.54) is 135 Å². The molecule has 0 spiro atoms. The lowest BCUT2D eigenvalue weighted by Gasteiger charge is -2.18. The Bertz CT molecular complexity index is 797. The molecule has 0 saturated carbocycles. The molecule has 0 aromatic rings. The van der Waals surface area contributed by atoms with Crippen LogP contribution in [-0.2, 0) is 28.2 Å². The molecule has 9 heteroatoms. The third-order valence-electron chi connectivity index (χ3n) is 9.23. The summed E-state index contributed by atoms with van der Waals surface area (Å²) in [6.45, 7) is 8.32. The summed E-state index contributed by atoms with van der Waals surface area (Å²) in [5.74, 6) is 0.733. The van der Waals surface area contributed by atoms with E-state index in [1.54, 1.807) is 0 Å². The van der Waals surface area contributed by atoms with Crippen LogP contribution in [0.3, 0.4) is 0 Å². The van der Waals surface area contributed by atoms with E-state index in [2.05, 4.69) is 32.2 Å². The first-order valence-corrected chi connectivity index (χ1v) is 22.1. The van der Waals surface area contributed by atoms with Crippen LogP contribution in [0, 0.1) is 11.8 Å². The lowest BCUT2D eigenvalue weighted by atomic mass is 10.0. The second kappa shape index (κ2) is 34.2. The second-order valence-corrected chi connectivity index (χ2v) is 16.5. The van der Waals surface area contributed by atoms with Gasteiger partial charge < -0.3 is 19.3 Å². The number of hydrogen-bond donors (Lipinski definition) is 2. The number of esters is 2. The molecule has 49 heavy (non-hydrogen) atoms. The van der Waals surface area contributed by atoms with Gasteiger partial charge in [0.05, 0.1) is 6.61 Å². The lowest BCUT2D eigenvalue weighted by molar-refractivity contribution is -0.161. The maximum absolute atomic E-state index is 12.4. The van der Waals surface area contributed by atoms with E-state index in [0.29, 0.717) is 6.42 Å². The van der Waals surface area contributed by atoms with Gasteiger partial charge in [0, 0.05) is 12.8 Å². The number of carbonyl (C=O) groups excluding carboxylic acids is 2. The van der Waals surface area contributed by atoms with Crippen LogP contribution in [0.5, 0.6) is 0 Å². The number of rotatable bonds is 37. The van der Waals surface area contributed by atoms with Gasteiger partial charge >= 0.3 is 19.8 Å². The van der Waals surface area contributed by atoms with Crippen molar-refractivity contribution in [1.82, 2.24) is 0 Å². The molecule has 0 saturated heterocycles. The molecular weight excluding hydrogens is 639 g/mol. The van der Waals surface area contributed by atoms with Crippen molar-refractivity contribution in [3.63, 3.8) is 0 Å². The van der Waals surface area contributed by atoms with Gasteiger partial charge in [0.2, 0.25) is 0 Å². The molecule has 0 unspecified atom stereocenters. The Hall–Kier alpha value is -0.950. The lowest BCUT2D eigenvalue weighted by Crippen LogP contribution is -2.29. The van der Waals surface area contributed by atoms with Crippen molar-refractivity contribution in [2.45, 2.75) is 220 Å². The Balaban J connectivity index is 3.81. The van der Waals surface area contributed by atoms with Gasteiger partial charge in [-0.15, -0.1) is 0 Å². The largest absolute Gasteiger partial charge is 0.469 e. The minimum atomic E-state index is -4.74. The molecule has 0 amide bonds. The van der Waals surface area contributed by atoms with Crippen molar-refractivity contribution in [3.8, 4) is 0 Å². The highest BCUT2D eigenvalue weighted by molar-refractivity contribution is 7.46. The summed E-state index contributed by atoms with van der Waals surface area (Å²) in [5.41, 5.74) is 0. The van der Waals surface area contributed by atoms with Gasteiger partial charge in [-0.3, -0.25) is 14.1 Å². The van der Waals surface area contributed by atoms with Crippen LogP contribution in [0.15, 0.2) is 0 Å². The summed E-state index contributed by atoms with van der Waals surface area (Å²) in [4.78, 5) is 42.7. The Morgan fingerprint density at radius 1 is 0.469 bits per heavy atom. The number of unbranched alkanes of at least 4 members (excludes halogenated alkanes) is 23. The van der Waals surface area contributed by atoms with Crippen LogP contribution in [0.2, 0.25) is 0 Å². The average molecular weight is 719 g/mol. The predicted molar refractivity (Wildman–Crippen MR) is 202 cm³/mol. The summed E-state index contributed by atoms with van der Waals surface area (Å²) < 4.78 is 26.3. The SMILES string of the molecule is CC(C)CCCCCCCCCCCCCCCCCCCCC(=O)O[C@H](COC(=O)CCCCCCCCCC(C)C)COP(=O)(O)O. The van der Waals surface area contributed by atoms with E-state index in [-0.39, 0.29) is 19.4 Å². The molecule has 292 valence electrons. The van der Waals surface area contributed by atoms with Crippen LogP contribution in [0.25, 0.3) is 0 Å². The Morgan fingerprint density at radius 3 is 1.10 bits per heavy atom. The fourth-order valence-corrected chi connectivity index (χ4v) is 6.52. The number of phosphoric ester groups is 1. The van der Waals surface area contributed by atoms with Crippen LogP contribution < -0.4 is 0 Å². The molecule has 0 aromatic carbocycles. The molecule has 0 radical (unpaired) electrons. The average Bonchev–Trinajstić information content (AvgIpc) is 3.03. The summed E-state index contributed by atoms with van der Waals surface area (Å²) in [6, 6.07) is 0. The van der Waals surface area contributed by atoms with Gasteiger partial charge in [-0.2, -0.15) is 0 Å². The summed E-state index contributed by atoms with van der Waals surface area (Å²) in [7, 11) is -4.74. The number of ether oxygens (including phenoxy) is 2. The predicted octanol–water partition coefficient (Wildman–Crippen LogP) is 12.2. The van der Waals surface area contributed by atoms with Crippen LogP contribution in [0.4, 0.5) is 0 Å². The fraction of sp³-hybridized carbons (Fsp3) is 0.950. The van der Waals surface area contributed by atoms with E-state index in [0.717, 1.165) is 43.9 Å². The van der Waals surface area contributed by atoms with Crippen molar-refractivity contribution in [3.05, 3.63) is 0 Å². The zero-order valence-electron chi connectivity index (χ0n) is 32.4. The van der Waals surface area contributed by atoms with Gasteiger partial charge in [0.1, 0.15) is 6.61 Å². The first kappa shape index (κ1) is 48.0. The van der Waals surface area contributed by atoms with Crippen molar-refractivity contribution >= 4 is 19.8 Å². The summed E-state index contributed by atoms with van der Waals surface area (Å²) >= 11 is 0. The first-order valence-electron chi connectivity index (χ1n) is 20.5. The van der Waals surface area contributed by atoms with Crippen molar-refractivity contribution < 1.29 is 37.9 Å². The molecule has 0 aliphatic heterocycles. The number of hydrogen-bond acceptors (Lipinski definition) is 6. The zero-order chi connectivity index (χ0) is 36.4.